The van der Waals surface area contributed by atoms with E-state index < -0.39 is 0 Å². The van der Waals surface area contributed by atoms with E-state index in [4.69, 9.17) is 4.99 Å². The molecule has 2 heterocycles. The molecule has 3 rings (SSSR count). The molecule has 2 aliphatic rings. The van der Waals surface area contributed by atoms with Crippen molar-refractivity contribution < 1.29 is 4.79 Å². The van der Waals surface area contributed by atoms with Gasteiger partial charge in [0.1, 0.15) is 0 Å². The Hall–Kier alpha value is -1.55. The number of nitrogens with zero attached hydrogens (tertiary/aromatic N) is 3. The molecule has 2 amide bonds. The number of carbonyl (C=O) groups is 1. The number of likely N-dealkylation sites (tertiary alicyclic amines) is 2. The van der Waals surface area contributed by atoms with E-state index >= 15 is 0 Å². The highest BCUT2D eigenvalue weighted by Gasteiger charge is 2.18. The molecule has 1 aromatic rings. The zero-order valence-electron chi connectivity index (χ0n) is 19.7. The molecule has 1 unspecified atom stereocenters. The van der Waals surface area contributed by atoms with E-state index in [-0.39, 0.29) is 30.0 Å². The minimum absolute atomic E-state index is 0. The molecule has 7 nitrogen and oxygen atoms in total. The van der Waals surface area contributed by atoms with Crippen LogP contribution in [0.3, 0.4) is 0 Å². The van der Waals surface area contributed by atoms with E-state index in [2.05, 4.69) is 40.8 Å². The smallest absolute Gasteiger partial charge is 0.321 e. The molecule has 2 saturated heterocycles. The van der Waals surface area contributed by atoms with Crippen molar-refractivity contribution in [3.63, 3.8) is 0 Å². The van der Waals surface area contributed by atoms with Crippen LogP contribution in [-0.4, -0.2) is 67.1 Å². The van der Waals surface area contributed by atoms with E-state index in [9.17, 15) is 4.79 Å². The standard InChI is InChI=1S/C24H40N6O.HI/c1-3-25-23(26-13-9-17-29-14-5-4-10-20(29)2)27-19-21-11-8-12-22(18-21)28-24(31)30-15-6-7-16-30;/h8,11-12,18,20H,3-7,9-10,13-17,19H2,1-2H3,(H,28,31)(H2,25,26,27);1H. The molecule has 0 bridgehead atoms. The summed E-state index contributed by atoms with van der Waals surface area (Å²) in [5, 5.41) is 9.81. The van der Waals surface area contributed by atoms with Gasteiger partial charge in [-0.15, -0.1) is 24.0 Å². The maximum atomic E-state index is 12.3. The van der Waals surface area contributed by atoms with Crippen molar-refractivity contribution in [1.82, 2.24) is 20.4 Å². The predicted octanol–water partition coefficient (Wildman–Crippen LogP) is 4.25. The van der Waals surface area contributed by atoms with Crippen molar-refractivity contribution >= 4 is 41.7 Å². The van der Waals surface area contributed by atoms with E-state index in [1.807, 2.05) is 23.1 Å². The Kier molecular flexibility index (Phi) is 12.2. The first-order valence-electron chi connectivity index (χ1n) is 12.1. The van der Waals surface area contributed by atoms with Gasteiger partial charge >= 0.3 is 6.03 Å². The summed E-state index contributed by atoms with van der Waals surface area (Å²) in [6, 6.07) is 8.69. The maximum Gasteiger partial charge on any atom is 0.321 e. The molecule has 0 saturated carbocycles. The van der Waals surface area contributed by atoms with Gasteiger partial charge in [0.25, 0.3) is 0 Å². The summed E-state index contributed by atoms with van der Waals surface area (Å²) in [7, 11) is 0. The van der Waals surface area contributed by atoms with Crippen molar-refractivity contribution in [2.24, 2.45) is 4.99 Å². The largest absolute Gasteiger partial charge is 0.357 e. The summed E-state index contributed by atoms with van der Waals surface area (Å²) in [5.74, 6) is 0.848. The normalized spacial score (nSPS) is 19.4. The van der Waals surface area contributed by atoms with Gasteiger partial charge in [-0.05, 0) is 70.2 Å². The van der Waals surface area contributed by atoms with Gasteiger partial charge in [0, 0.05) is 44.5 Å². The van der Waals surface area contributed by atoms with Crippen molar-refractivity contribution in [3.8, 4) is 0 Å². The molecule has 32 heavy (non-hydrogen) atoms. The molecule has 0 aliphatic carbocycles. The third kappa shape index (κ3) is 8.77. The highest BCUT2D eigenvalue weighted by Crippen LogP contribution is 2.16. The topological polar surface area (TPSA) is 72.0 Å². The van der Waals surface area contributed by atoms with Crippen molar-refractivity contribution in [3.05, 3.63) is 29.8 Å². The number of nitrogens with one attached hydrogen (secondary N) is 3. The van der Waals surface area contributed by atoms with Crippen LogP contribution in [0.4, 0.5) is 10.5 Å². The third-order valence-corrected chi connectivity index (χ3v) is 6.19. The molecular formula is C24H41IN6O. The monoisotopic (exact) mass is 556 g/mol. The molecule has 1 atom stereocenters. The lowest BCUT2D eigenvalue weighted by molar-refractivity contribution is 0.159. The summed E-state index contributed by atoms with van der Waals surface area (Å²) in [5.41, 5.74) is 1.91. The minimum atomic E-state index is -0.00354. The van der Waals surface area contributed by atoms with Crippen LogP contribution < -0.4 is 16.0 Å². The lowest BCUT2D eigenvalue weighted by atomic mass is 10.0. The van der Waals surface area contributed by atoms with E-state index in [0.717, 1.165) is 69.2 Å². The number of halogens is 1. The van der Waals surface area contributed by atoms with Crippen molar-refractivity contribution in [2.45, 2.75) is 65.0 Å². The first kappa shape index (κ1) is 26.7. The molecular weight excluding hydrogens is 515 g/mol. The Labute approximate surface area is 210 Å². The number of carbonyl (C=O) groups excluding carboxylic acids is 1. The molecule has 180 valence electrons. The van der Waals surface area contributed by atoms with Crippen LogP contribution in [0.1, 0.15) is 57.9 Å². The number of piperidine rings is 1. The van der Waals surface area contributed by atoms with Crippen LogP contribution in [0.15, 0.2) is 29.3 Å². The first-order valence-corrected chi connectivity index (χ1v) is 12.1. The van der Waals surface area contributed by atoms with E-state index in [1.54, 1.807) is 0 Å². The van der Waals surface area contributed by atoms with Crippen LogP contribution in [0.5, 0.6) is 0 Å². The summed E-state index contributed by atoms with van der Waals surface area (Å²) in [6.45, 7) is 10.8. The number of anilines is 1. The quantitative estimate of drug-likeness (QED) is 0.194. The van der Waals surface area contributed by atoms with Gasteiger partial charge in [0.05, 0.1) is 6.54 Å². The maximum absolute atomic E-state index is 12.3. The molecule has 8 heteroatoms. The Morgan fingerprint density at radius 3 is 2.66 bits per heavy atom. The van der Waals surface area contributed by atoms with Crippen molar-refractivity contribution in [2.75, 3.05) is 44.6 Å². The number of hydrogen-bond acceptors (Lipinski definition) is 3. The summed E-state index contributed by atoms with van der Waals surface area (Å²) < 4.78 is 0. The molecule has 0 spiro atoms. The second-order valence-corrected chi connectivity index (χ2v) is 8.68. The van der Waals surface area contributed by atoms with Crippen LogP contribution in [-0.2, 0) is 6.54 Å². The third-order valence-electron chi connectivity index (χ3n) is 6.19. The van der Waals surface area contributed by atoms with Crippen LogP contribution >= 0.6 is 24.0 Å². The van der Waals surface area contributed by atoms with Crippen LogP contribution in [0, 0.1) is 0 Å². The Morgan fingerprint density at radius 1 is 1.12 bits per heavy atom. The number of guanidine groups is 1. The van der Waals surface area contributed by atoms with E-state index in [1.165, 1.54) is 25.8 Å². The number of urea groups is 1. The zero-order chi connectivity index (χ0) is 21.9. The van der Waals surface area contributed by atoms with Crippen LogP contribution in [0.25, 0.3) is 0 Å². The van der Waals surface area contributed by atoms with Gasteiger partial charge in [-0.1, -0.05) is 18.6 Å². The molecule has 0 radical (unpaired) electrons. The zero-order valence-corrected chi connectivity index (χ0v) is 22.1. The fraction of sp³-hybridized carbons (Fsp3) is 0.667. The number of hydrogen-bond donors (Lipinski definition) is 3. The molecule has 2 aliphatic heterocycles. The number of rotatable bonds is 8. The van der Waals surface area contributed by atoms with Gasteiger partial charge in [-0.2, -0.15) is 0 Å². The van der Waals surface area contributed by atoms with Gasteiger partial charge in [0.2, 0.25) is 0 Å². The lowest BCUT2D eigenvalue weighted by Crippen LogP contribution is -2.41. The Balaban J connectivity index is 0.00000363. The summed E-state index contributed by atoms with van der Waals surface area (Å²) in [4.78, 5) is 21.5. The highest BCUT2D eigenvalue weighted by molar-refractivity contribution is 14.0. The predicted molar refractivity (Wildman–Crippen MR) is 144 cm³/mol. The molecule has 3 N–H and O–H groups in total. The fourth-order valence-corrected chi connectivity index (χ4v) is 4.36. The van der Waals surface area contributed by atoms with Crippen molar-refractivity contribution in [1.29, 1.82) is 0 Å². The van der Waals surface area contributed by atoms with Gasteiger partial charge in [-0.25, -0.2) is 9.79 Å². The second-order valence-electron chi connectivity index (χ2n) is 8.68. The average molecular weight is 557 g/mol. The molecule has 1 aromatic carbocycles. The summed E-state index contributed by atoms with van der Waals surface area (Å²) in [6.07, 6.45) is 7.34. The van der Waals surface area contributed by atoms with Gasteiger partial charge < -0.3 is 25.8 Å². The Bertz CT molecular complexity index is 722. The summed E-state index contributed by atoms with van der Waals surface area (Å²) >= 11 is 0. The lowest BCUT2D eigenvalue weighted by Gasteiger charge is -2.33. The van der Waals surface area contributed by atoms with Gasteiger partial charge in [-0.3, -0.25) is 0 Å². The highest BCUT2D eigenvalue weighted by atomic mass is 127. The average Bonchev–Trinajstić information content (AvgIpc) is 3.31. The molecule has 2 fully saturated rings. The second kappa shape index (κ2) is 14.6. The number of amides is 2. The fourth-order valence-electron chi connectivity index (χ4n) is 4.36. The van der Waals surface area contributed by atoms with Gasteiger partial charge in [0.15, 0.2) is 5.96 Å². The SMILES string of the molecule is CCNC(=NCc1cccc(NC(=O)N2CCCC2)c1)NCCCN1CCCCC1C.I. The van der Waals surface area contributed by atoms with Crippen LogP contribution in [0.2, 0.25) is 0 Å². The number of benzene rings is 1. The Morgan fingerprint density at radius 2 is 1.91 bits per heavy atom. The molecule has 0 aromatic heterocycles. The van der Waals surface area contributed by atoms with E-state index in [0.29, 0.717) is 12.6 Å². The number of aliphatic imine (C=N–C) groups is 1. The minimum Gasteiger partial charge on any atom is -0.357 e. The first-order chi connectivity index (χ1) is 15.2.